The van der Waals surface area contributed by atoms with Crippen LogP contribution in [0.4, 0.5) is 0 Å². The Kier molecular flexibility index (Phi) is 4.15. The highest BCUT2D eigenvalue weighted by atomic mass is 32.2. The van der Waals surface area contributed by atoms with Gasteiger partial charge in [-0.15, -0.1) is 11.8 Å². The van der Waals surface area contributed by atoms with E-state index in [-0.39, 0.29) is 5.91 Å². The molecule has 5 heteroatoms. The molecule has 0 fully saturated rings. The summed E-state index contributed by atoms with van der Waals surface area (Å²) >= 11 is 1.41. The maximum atomic E-state index is 12.6. The van der Waals surface area contributed by atoms with E-state index in [1.807, 2.05) is 36.4 Å². The highest BCUT2D eigenvalue weighted by Gasteiger charge is 2.24. The van der Waals surface area contributed by atoms with Crippen LogP contribution in [0.15, 0.2) is 53.1 Å². The maximum Gasteiger partial charge on any atom is 0.346 e. The van der Waals surface area contributed by atoms with Crippen molar-refractivity contribution in [3.05, 3.63) is 58.6 Å². The van der Waals surface area contributed by atoms with Gasteiger partial charge in [0.1, 0.15) is 4.91 Å². The zero-order valence-electron chi connectivity index (χ0n) is 12.1. The highest BCUT2D eigenvalue weighted by molar-refractivity contribution is 8.04. The van der Waals surface area contributed by atoms with Crippen molar-refractivity contribution in [1.82, 2.24) is 5.32 Å². The molecular weight excluding hydrogens is 298 g/mol. The standard InChI is InChI=1S/C17H15NO3S/c1-21-17(20)15-14(9-10-22-15)18-16(19)13-8-4-6-11-5-2-3-7-12(11)13/h2-8H,9-10H2,1H3,(H,18,19). The molecule has 3 rings (SSSR count). The zero-order chi connectivity index (χ0) is 15.5. The lowest BCUT2D eigenvalue weighted by molar-refractivity contribution is -0.135. The van der Waals surface area contributed by atoms with E-state index in [1.165, 1.54) is 18.9 Å². The molecule has 2 aromatic carbocycles. The van der Waals surface area contributed by atoms with Crippen molar-refractivity contribution in [2.75, 3.05) is 12.9 Å². The zero-order valence-corrected chi connectivity index (χ0v) is 12.9. The van der Waals surface area contributed by atoms with Gasteiger partial charge < -0.3 is 10.1 Å². The number of allylic oxidation sites excluding steroid dienone is 1. The largest absolute Gasteiger partial charge is 0.465 e. The van der Waals surface area contributed by atoms with Crippen LogP contribution in [0.1, 0.15) is 16.8 Å². The molecule has 0 aromatic heterocycles. The molecule has 22 heavy (non-hydrogen) atoms. The summed E-state index contributed by atoms with van der Waals surface area (Å²) < 4.78 is 4.75. The Bertz CT molecular complexity index is 777. The molecule has 0 bridgehead atoms. The molecule has 1 amide bonds. The molecule has 0 aliphatic carbocycles. The normalized spacial score (nSPS) is 14.2. The van der Waals surface area contributed by atoms with Crippen molar-refractivity contribution in [1.29, 1.82) is 0 Å². The van der Waals surface area contributed by atoms with Crippen LogP contribution in [0.5, 0.6) is 0 Å². The van der Waals surface area contributed by atoms with Crippen LogP contribution >= 0.6 is 11.8 Å². The second-order valence-electron chi connectivity index (χ2n) is 4.88. The van der Waals surface area contributed by atoms with E-state index in [1.54, 1.807) is 6.07 Å². The minimum atomic E-state index is -0.393. The van der Waals surface area contributed by atoms with Crippen molar-refractivity contribution in [2.24, 2.45) is 0 Å². The van der Waals surface area contributed by atoms with Gasteiger partial charge in [0.05, 0.1) is 7.11 Å². The van der Waals surface area contributed by atoms with E-state index >= 15 is 0 Å². The smallest absolute Gasteiger partial charge is 0.346 e. The summed E-state index contributed by atoms with van der Waals surface area (Å²) in [6.07, 6.45) is 0.658. The Morgan fingerprint density at radius 3 is 2.73 bits per heavy atom. The van der Waals surface area contributed by atoms with Crippen LogP contribution in [0, 0.1) is 0 Å². The van der Waals surface area contributed by atoms with Crippen molar-refractivity contribution >= 4 is 34.4 Å². The van der Waals surface area contributed by atoms with Gasteiger partial charge in [0.25, 0.3) is 5.91 Å². The fourth-order valence-corrected chi connectivity index (χ4v) is 3.52. The first-order chi connectivity index (χ1) is 10.7. The number of ether oxygens (including phenoxy) is 1. The number of hydrogen-bond donors (Lipinski definition) is 1. The molecule has 0 saturated carbocycles. The average molecular weight is 313 g/mol. The van der Waals surface area contributed by atoms with Crippen LogP contribution in [-0.2, 0) is 9.53 Å². The minimum absolute atomic E-state index is 0.198. The van der Waals surface area contributed by atoms with E-state index < -0.39 is 5.97 Å². The Balaban J connectivity index is 1.92. The lowest BCUT2D eigenvalue weighted by Gasteiger charge is -2.10. The molecule has 112 valence electrons. The number of methoxy groups -OCH3 is 1. The number of thioether (sulfide) groups is 1. The minimum Gasteiger partial charge on any atom is -0.465 e. The number of carbonyl (C=O) groups is 2. The first-order valence-electron chi connectivity index (χ1n) is 6.94. The third-order valence-corrected chi connectivity index (χ3v) is 4.65. The van der Waals surface area contributed by atoms with E-state index in [4.69, 9.17) is 4.74 Å². The van der Waals surface area contributed by atoms with Crippen LogP contribution < -0.4 is 5.32 Å². The summed E-state index contributed by atoms with van der Waals surface area (Å²) in [5.74, 6) is 0.182. The summed E-state index contributed by atoms with van der Waals surface area (Å²) in [5.41, 5.74) is 1.25. The van der Waals surface area contributed by atoms with Crippen molar-refractivity contribution < 1.29 is 14.3 Å². The molecule has 2 aromatic rings. The third kappa shape index (κ3) is 2.72. The molecule has 1 N–H and O–H groups in total. The molecule has 0 atom stereocenters. The molecule has 1 aliphatic rings. The predicted octanol–water partition coefficient (Wildman–Crippen LogP) is 3.09. The van der Waals surface area contributed by atoms with Gasteiger partial charge in [-0.2, -0.15) is 0 Å². The average Bonchev–Trinajstić information content (AvgIpc) is 3.01. The number of esters is 1. The van der Waals surface area contributed by atoms with E-state index in [0.717, 1.165) is 16.5 Å². The molecular formula is C17H15NO3S. The number of carbonyl (C=O) groups excluding carboxylic acids is 2. The van der Waals surface area contributed by atoms with Crippen LogP contribution in [0.25, 0.3) is 10.8 Å². The predicted molar refractivity (Wildman–Crippen MR) is 87.5 cm³/mol. The molecule has 0 saturated heterocycles. The molecule has 1 heterocycles. The molecule has 0 spiro atoms. The van der Waals surface area contributed by atoms with Gasteiger partial charge in [0.15, 0.2) is 0 Å². The SMILES string of the molecule is COC(=O)C1=C(NC(=O)c2cccc3ccccc23)CCS1. The Morgan fingerprint density at radius 2 is 1.91 bits per heavy atom. The summed E-state index contributed by atoms with van der Waals surface area (Å²) in [6.45, 7) is 0. The Morgan fingerprint density at radius 1 is 1.14 bits per heavy atom. The second kappa shape index (κ2) is 6.23. The van der Waals surface area contributed by atoms with E-state index in [2.05, 4.69) is 5.32 Å². The summed E-state index contributed by atoms with van der Waals surface area (Å²) in [5, 5.41) is 4.78. The Hall–Kier alpha value is -2.27. The quantitative estimate of drug-likeness (QED) is 0.885. The fraction of sp³-hybridized carbons (Fsp3) is 0.176. The van der Waals surface area contributed by atoms with E-state index in [0.29, 0.717) is 22.6 Å². The van der Waals surface area contributed by atoms with Gasteiger partial charge in [-0.05, 0) is 23.3 Å². The number of amides is 1. The number of hydrogen-bond acceptors (Lipinski definition) is 4. The van der Waals surface area contributed by atoms with Crippen LogP contribution in [0.3, 0.4) is 0 Å². The van der Waals surface area contributed by atoms with Crippen molar-refractivity contribution in [3.8, 4) is 0 Å². The second-order valence-corrected chi connectivity index (χ2v) is 5.98. The lowest BCUT2D eigenvalue weighted by atomic mass is 10.0. The van der Waals surface area contributed by atoms with Gasteiger partial charge in [-0.3, -0.25) is 4.79 Å². The molecule has 4 nitrogen and oxygen atoms in total. The topological polar surface area (TPSA) is 55.4 Å². The van der Waals surface area contributed by atoms with Crippen molar-refractivity contribution in [3.63, 3.8) is 0 Å². The summed E-state index contributed by atoms with van der Waals surface area (Å²) in [4.78, 5) is 24.8. The van der Waals surface area contributed by atoms with Crippen molar-refractivity contribution in [2.45, 2.75) is 6.42 Å². The van der Waals surface area contributed by atoms with Gasteiger partial charge in [0.2, 0.25) is 0 Å². The van der Waals surface area contributed by atoms with Crippen LogP contribution in [-0.4, -0.2) is 24.7 Å². The Labute approximate surface area is 132 Å². The number of benzene rings is 2. The highest BCUT2D eigenvalue weighted by Crippen LogP contribution is 2.31. The fourth-order valence-electron chi connectivity index (χ4n) is 2.48. The van der Waals surface area contributed by atoms with Crippen LogP contribution in [0.2, 0.25) is 0 Å². The van der Waals surface area contributed by atoms with Gasteiger partial charge >= 0.3 is 5.97 Å². The summed E-state index contributed by atoms with van der Waals surface area (Å²) in [6, 6.07) is 13.4. The summed E-state index contributed by atoms with van der Waals surface area (Å²) in [7, 11) is 1.35. The molecule has 1 aliphatic heterocycles. The van der Waals surface area contributed by atoms with Gasteiger partial charge in [-0.25, -0.2) is 4.79 Å². The number of nitrogens with one attached hydrogen (secondary N) is 1. The first kappa shape index (κ1) is 14.7. The number of rotatable bonds is 3. The maximum absolute atomic E-state index is 12.6. The number of fused-ring (bicyclic) bond motifs is 1. The lowest BCUT2D eigenvalue weighted by Crippen LogP contribution is -2.24. The van der Waals surface area contributed by atoms with E-state index in [9.17, 15) is 9.59 Å². The third-order valence-electron chi connectivity index (χ3n) is 3.54. The van der Waals surface area contributed by atoms with Gasteiger partial charge in [-0.1, -0.05) is 36.4 Å². The molecule has 0 radical (unpaired) electrons. The molecule has 0 unspecified atom stereocenters. The monoisotopic (exact) mass is 313 g/mol. The first-order valence-corrected chi connectivity index (χ1v) is 7.92. The van der Waals surface area contributed by atoms with Gasteiger partial charge in [0, 0.05) is 17.0 Å².